The number of amides is 1. The van der Waals surface area contributed by atoms with Crippen LogP contribution in [-0.4, -0.2) is 37.8 Å². The van der Waals surface area contributed by atoms with Gasteiger partial charge < -0.3 is 10.5 Å². The Morgan fingerprint density at radius 3 is 2.09 bits per heavy atom. The lowest BCUT2D eigenvalue weighted by Crippen LogP contribution is -2.44. The molecule has 0 aromatic heterocycles. The molecule has 23 heavy (non-hydrogen) atoms. The molecule has 0 aliphatic rings. The standard InChI is InChI=1S/C15H34N4O2S2/c1-17-19-18-15(20)21-12-14-23-22-13-10-8-6-4-2-3-5-7-9-11-16/h17,19H,2-14,16H2,1H3,(H,18,20). The van der Waals surface area contributed by atoms with Crippen molar-refractivity contribution in [3.63, 3.8) is 0 Å². The van der Waals surface area contributed by atoms with Crippen molar-refractivity contribution in [2.45, 2.75) is 57.8 Å². The van der Waals surface area contributed by atoms with Gasteiger partial charge in [-0.3, -0.25) is 0 Å². The molecule has 8 heteroatoms. The van der Waals surface area contributed by atoms with E-state index in [1.165, 1.54) is 63.5 Å². The molecule has 0 saturated carbocycles. The molecule has 138 valence electrons. The first-order valence-corrected chi connectivity index (χ1v) is 11.1. The van der Waals surface area contributed by atoms with Crippen LogP contribution in [0, 0.1) is 0 Å². The van der Waals surface area contributed by atoms with Gasteiger partial charge in [0.25, 0.3) is 0 Å². The van der Waals surface area contributed by atoms with Gasteiger partial charge in [0.2, 0.25) is 0 Å². The van der Waals surface area contributed by atoms with Crippen LogP contribution in [-0.2, 0) is 4.74 Å². The molecule has 0 aliphatic heterocycles. The highest BCUT2D eigenvalue weighted by atomic mass is 33.1. The van der Waals surface area contributed by atoms with Crippen LogP contribution in [0.3, 0.4) is 0 Å². The minimum Gasteiger partial charge on any atom is -0.448 e. The minimum atomic E-state index is -0.465. The molecule has 0 saturated heterocycles. The third-order valence-electron chi connectivity index (χ3n) is 3.20. The molecule has 0 heterocycles. The topological polar surface area (TPSA) is 88.4 Å². The second kappa shape index (κ2) is 19.9. The van der Waals surface area contributed by atoms with E-state index >= 15 is 0 Å². The lowest BCUT2D eigenvalue weighted by Gasteiger charge is -2.06. The summed E-state index contributed by atoms with van der Waals surface area (Å²) in [6.07, 6.45) is 11.4. The summed E-state index contributed by atoms with van der Waals surface area (Å²) in [4.78, 5) is 11.1. The molecule has 1 amide bonds. The van der Waals surface area contributed by atoms with Crippen LogP contribution in [0.5, 0.6) is 0 Å². The molecule has 0 fully saturated rings. The fraction of sp³-hybridized carbons (Fsp3) is 0.933. The van der Waals surface area contributed by atoms with Crippen LogP contribution in [0.1, 0.15) is 57.8 Å². The molecular weight excluding hydrogens is 332 g/mol. The van der Waals surface area contributed by atoms with E-state index in [-0.39, 0.29) is 0 Å². The molecule has 0 spiro atoms. The molecule has 0 rings (SSSR count). The SMILES string of the molecule is CNNNC(=O)OCCSSCCCCCCCCCCCN. The highest BCUT2D eigenvalue weighted by Gasteiger charge is 1.99. The van der Waals surface area contributed by atoms with Gasteiger partial charge in [0.15, 0.2) is 0 Å². The smallest absolute Gasteiger partial charge is 0.422 e. The number of nitrogens with one attached hydrogen (secondary N) is 3. The van der Waals surface area contributed by atoms with Gasteiger partial charge in [-0.15, -0.1) is 0 Å². The number of ether oxygens (including phenoxy) is 1. The normalized spacial score (nSPS) is 10.7. The lowest BCUT2D eigenvalue weighted by atomic mass is 10.1. The zero-order valence-corrected chi connectivity index (χ0v) is 16.0. The van der Waals surface area contributed by atoms with E-state index < -0.39 is 6.09 Å². The average Bonchev–Trinajstić information content (AvgIpc) is 2.56. The van der Waals surface area contributed by atoms with Crippen molar-refractivity contribution in [1.29, 1.82) is 0 Å². The third-order valence-corrected chi connectivity index (χ3v) is 5.66. The van der Waals surface area contributed by atoms with Crippen LogP contribution in [0.25, 0.3) is 0 Å². The van der Waals surface area contributed by atoms with Crippen LogP contribution in [0.4, 0.5) is 4.79 Å². The molecule has 0 aliphatic carbocycles. The lowest BCUT2D eigenvalue weighted by molar-refractivity contribution is 0.146. The predicted octanol–water partition coefficient (Wildman–Crippen LogP) is 3.20. The van der Waals surface area contributed by atoms with Crippen molar-refractivity contribution >= 4 is 27.7 Å². The predicted molar refractivity (Wildman–Crippen MR) is 102 cm³/mol. The first kappa shape index (κ1) is 22.9. The summed E-state index contributed by atoms with van der Waals surface area (Å²) in [5, 5.41) is 0. The van der Waals surface area contributed by atoms with Crippen molar-refractivity contribution in [3.05, 3.63) is 0 Å². The van der Waals surface area contributed by atoms with E-state index in [4.69, 9.17) is 10.5 Å². The summed E-state index contributed by atoms with van der Waals surface area (Å²) in [5.41, 5.74) is 12.8. The third kappa shape index (κ3) is 19.8. The van der Waals surface area contributed by atoms with Gasteiger partial charge in [-0.1, -0.05) is 66.5 Å². The van der Waals surface area contributed by atoms with Crippen LogP contribution >= 0.6 is 21.6 Å². The van der Waals surface area contributed by atoms with Crippen LogP contribution in [0.15, 0.2) is 0 Å². The Bertz CT molecular complexity index is 262. The number of hydrogen-bond acceptors (Lipinski definition) is 7. The van der Waals surface area contributed by atoms with Gasteiger partial charge in [0.05, 0.1) is 0 Å². The highest BCUT2D eigenvalue weighted by Crippen LogP contribution is 2.22. The second-order valence-corrected chi connectivity index (χ2v) is 7.95. The molecular formula is C15H34N4O2S2. The van der Waals surface area contributed by atoms with Crippen LogP contribution in [0.2, 0.25) is 0 Å². The van der Waals surface area contributed by atoms with E-state index in [1.807, 2.05) is 10.8 Å². The maximum Gasteiger partial charge on any atom is 0.422 e. The summed E-state index contributed by atoms with van der Waals surface area (Å²) in [5.74, 6) is 2.00. The summed E-state index contributed by atoms with van der Waals surface area (Å²) in [6, 6.07) is 0. The van der Waals surface area contributed by atoms with Crippen molar-refractivity contribution in [2.24, 2.45) is 5.73 Å². The fourth-order valence-corrected chi connectivity index (χ4v) is 3.95. The van der Waals surface area contributed by atoms with E-state index in [1.54, 1.807) is 17.8 Å². The quantitative estimate of drug-likeness (QED) is 0.179. The minimum absolute atomic E-state index is 0.430. The van der Waals surface area contributed by atoms with Crippen molar-refractivity contribution in [2.75, 3.05) is 31.7 Å². The Labute approximate surface area is 149 Å². The monoisotopic (exact) mass is 366 g/mol. The molecule has 6 nitrogen and oxygen atoms in total. The highest BCUT2D eigenvalue weighted by molar-refractivity contribution is 8.76. The molecule has 0 bridgehead atoms. The Morgan fingerprint density at radius 2 is 1.48 bits per heavy atom. The largest absolute Gasteiger partial charge is 0.448 e. The van der Waals surface area contributed by atoms with E-state index in [2.05, 4.69) is 16.4 Å². The zero-order valence-electron chi connectivity index (χ0n) is 14.4. The first-order valence-electron chi connectivity index (χ1n) is 8.60. The van der Waals surface area contributed by atoms with Crippen molar-refractivity contribution in [3.8, 4) is 0 Å². The average molecular weight is 367 g/mol. The second-order valence-electron chi connectivity index (χ2n) is 5.25. The number of hydrazine groups is 2. The zero-order chi connectivity index (χ0) is 17.0. The maximum atomic E-state index is 11.1. The number of hydrogen-bond donors (Lipinski definition) is 4. The summed E-state index contributed by atoms with van der Waals surface area (Å²) in [6.45, 7) is 1.27. The Hall–Kier alpha value is -0.150. The van der Waals surface area contributed by atoms with Crippen molar-refractivity contribution in [1.82, 2.24) is 16.4 Å². The molecule has 0 aromatic rings. The van der Waals surface area contributed by atoms with E-state index in [9.17, 15) is 4.79 Å². The summed E-state index contributed by atoms with van der Waals surface area (Å²) < 4.78 is 4.96. The molecule has 0 atom stereocenters. The van der Waals surface area contributed by atoms with Crippen LogP contribution < -0.4 is 22.1 Å². The van der Waals surface area contributed by atoms with Gasteiger partial charge in [0, 0.05) is 18.6 Å². The van der Waals surface area contributed by atoms with Gasteiger partial charge in [-0.05, 0) is 19.4 Å². The molecule has 0 radical (unpaired) electrons. The molecule has 0 aromatic carbocycles. The van der Waals surface area contributed by atoms with Gasteiger partial charge in [0.1, 0.15) is 6.61 Å². The Balaban J connectivity index is 3.04. The first-order chi connectivity index (χ1) is 11.3. The van der Waals surface area contributed by atoms with E-state index in [0.717, 1.165) is 12.3 Å². The van der Waals surface area contributed by atoms with Gasteiger partial charge >= 0.3 is 6.09 Å². The number of unbranched alkanes of at least 4 members (excludes halogenated alkanes) is 8. The number of nitrogens with two attached hydrogens (primary N) is 1. The molecule has 0 unspecified atom stereocenters. The Morgan fingerprint density at radius 1 is 0.913 bits per heavy atom. The maximum absolute atomic E-state index is 11.1. The summed E-state index contributed by atoms with van der Waals surface area (Å²) >= 11 is 0. The van der Waals surface area contributed by atoms with Gasteiger partial charge in [-0.2, -0.15) is 5.53 Å². The fourth-order valence-electron chi connectivity index (χ4n) is 1.98. The van der Waals surface area contributed by atoms with E-state index in [0.29, 0.717) is 6.61 Å². The Kier molecular flexibility index (Phi) is 19.8. The van der Waals surface area contributed by atoms with Gasteiger partial charge in [-0.25, -0.2) is 15.6 Å². The molecule has 5 N–H and O–H groups in total. The number of rotatable bonds is 17. The number of carbonyl (C=O) groups excluding carboxylic acids is 1. The number of carbonyl (C=O) groups is 1. The van der Waals surface area contributed by atoms with Crippen molar-refractivity contribution < 1.29 is 9.53 Å². The summed E-state index contributed by atoms with van der Waals surface area (Å²) in [7, 11) is 5.29.